The molecule has 0 saturated heterocycles. The highest BCUT2D eigenvalue weighted by Gasteiger charge is 2.23. The van der Waals surface area contributed by atoms with E-state index in [1.807, 2.05) is 25.1 Å². The van der Waals surface area contributed by atoms with Crippen molar-refractivity contribution in [3.8, 4) is 0 Å². The van der Waals surface area contributed by atoms with E-state index in [9.17, 15) is 5.11 Å². The number of para-hydroxylation sites is 1. The molecule has 3 rings (SSSR count). The summed E-state index contributed by atoms with van der Waals surface area (Å²) in [5.74, 6) is 0. The number of benzene rings is 1. The molecule has 0 radical (unpaired) electrons. The Labute approximate surface area is 119 Å². The topological polar surface area (TPSA) is 41.3 Å². The fourth-order valence-corrected chi connectivity index (χ4v) is 2.97. The molecule has 4 heteroatoms. The smallest absolute Gasteiger partial charge is 0.0826 e. The van der Waals surface area contributed by atoms with Gasteiger partial charge in [0, 0.05) is 24.3 Å². The molecule has 1 N–H and O–H groups in total. The molecule has 1 aliphatic rings. The SMILES string of the molecule is CCn1nc(C)cc1CN1CCC(O)c2ccccc21. The summed E-state index contributed by atoms with van der Waals surface area (Å²) in [6.07, 6.45) is 0.455. The van der Waals surface area contributed by atoms with Crippen LogP contribution in [-0.4, -0.2) is 21.4 Å². The molecule has 4 nitrogen and oxygen atoms in total. The van der Waals surface area contributed by atoms with Crippen molar-refractivity contribution in [2.75, 3.05) is 11.4 Å². The Balaban J connectivity index is 1.90. The van der Waals surface area contributed by atoms with Crippen molar-refractivity contribution in [2.45, 2.75) is 39.5 Å². The van der Waals surface area contributed by atoms with Gasteiger partial charge in [0.25, 0.3) is 0 Å². The number of aryl methyl sites for hydroxylation is 2. The predicted octanol–water partition coefficient (Wildman–Crippen LogP) is 2.66. The zero-order valence-corrected chi connectivity index (χ0v) is 12.1. The molecule has 1 aliphatic heterocycles. The molecule has 1 unspecified atom stereocenters. The summed E-state index contributed by atoms with van der Waals surface area (Å²) in [5.41, 5.74) is 4.48. The summed E-state index contributed by atoms with van der Waals surface area (Å²) in [4.78, 5) is 2.34. The van der Waals surface area contributed by atoms with Gasteiger partial charge < -0.3 is 10.0 Å². The van der Waals surface area contributed by atoms with Crippen molar-refractivity contribution in [1.82, 2.24) is 9.78 Å². The quantitative estimate of drug-likeness (QED) is 0.933. The Hall–Kier alpha value is -1.81. The highest BCUT2D eigenvalue weighted by Crippen LogP contribution is 2.34. The zero-order chi connectivity index (χ0) is 14.1. The second-order valence-electron chi connectivity index (χ2n) is 5.38. The normalized spacial score (nSPS) is 18.1. The molecule has 0 fully saturated rings. The first-order valence-corrected chi connectivity index (χ1v) is 7.24. The Bertz CT molecular complexity index is 606. The summed E-state index contributed by atoms with van der Waals surface area (Å²) in [6.45, 7) is 6.76. The van der Waals surface area contributed by atoms with Gasteiger partial charge in [0.1, 0.15) is 0 Å². The number of aliphatic hydroxyl groups is 1. The van der Waals surface area contributed by atoms with Crippen LogP contribution >= 0.6 is 0 Å². The number of aliphatic hydroxyl groups excluding tert-OH is 1. The predicted molar refractivity (Wildman–Crippen MR) is 79.7 cm³/mol. The third-order valence-corrected chi connectivity index (χ3v) is 3.95. The van der Waals surface area contributed by atoms with Crippen LogP contribution in [0.2, 0.25) is 0 Å². The minimum absolute atomic E-state index is 0.333. The maximum absolute atomic E-state index is 10.1. The number of rotatable bonds is 3. The summed E-state index contributed by atoms with van der Waals surface area (Å²) >= 11 is 0. The first-order chi connectivity index (χ1) is 9.69. The van der Waals surface area contributed by atoms with E-state index < -0.39 is 0 Å². The summed E-state index contributed by atoms with van der Waals surface area (Å²) in [5, 5.41) is 14.6. The highest BCUT2D eigenvalue weighted by atomic mass is 16.3. The average molecular weight is 271 g/mol. The lowest BCUT2D eigenvalue weighted by molar-refractivity contribution is 0.164. The van der Waals surface area contributed by atoms with Crippen molar-refractivity contribution in [3.05, 3.63) is 47.3 Å². The van der Waals surface area contributed by atoms with E-state index in [1.54, 1.807) is 0 Å². The lowest BCUT2D eigenvalue weighted by Gasteiger charge is -2.33. The van der Waals surface area contributed by atoms with Gasteiger partial charge in [-0.15, -0.1) is 0 Å². The van der Waals surface area contributed by atoms with Crippen molar-refractivity contribution >= 4 is 5.69 Å². The number of anilines is 1. The van der Waals surface area contributed by atoms with E-state index in [0.717, 1.165) is 43.0 Å². The van der Waals surface area contributed by atoms with E-state index >= 15 is 0 Å². The average Bonchev–Trinajstić information content (AvgIpc) is 2.82. The number of hydrogen-bond donors (Lipinski definition) is 1. The monoisotopic (exact) mass is 271 g/mol. The Morgan fingerprint density at radius 2 is 2.15 bits per heavy atom. The molecule has 0 spiro atoms. The number of fused-ring (bicyclic) bond motifs is 1. The van der Waals surface area contributed by atoms with Crippen molar-refractivity contribution in [3.63, 3.8) is 0 Å². The van der Waals surface area contributed by atoms with Crippen LogP contribution in [0.1, 0.15) is 36.4 Å². The molecule has 0 saturated carbocycles. The second-order valence-corrected chi connectivity index (χ2v) is 5.38. The molecule has 1 aromatic carbocycles. The maximum Gasteiger partial charge on any atom is 0.0826 e. The third kappa shape index (κ3) is 2.31. The van der Waals surface area contributed by atoms with Crippen LogP contribution in [0.3, 0.4) is 0 Å². The minimum atomic E-state index is -0.333. The molecule has 1 aromatic heterocycles. The van der Waals surface area contributed by atoms with E-state index in [4.69, 9.17) is 0 Å². The largest absolute Gasteiger partial charge is 0.388 e. The van der Waals surface area contributed by atoms with Gasteiger partial charge in [0.15, 0.2) is 0 Å². The minimum Gasteiger partial charge on any atom is -0.388 e. The third-order valence-electron chi connectivity index (χ3n) is 3.95. The molecular weight excluding hydrogens is 250 g/mol. The number of aromatic nitrogens is 2. The molecule has 1 atom stereocenters. The summed E-state index contributed by atoms with van der Waals surface area (Å²) in [7, 11) is 0. The van der Waals surface area contributed by atoms with Crippen molar-refractivity contribution in [2.24, 2.45) is 0 Å². The van der Waals surface area contributed by atoms with Crippen LogP contribution in [0.25, 0.3) is 0 Å². The van der Waals surface area contributed by atoms with Crippen LogP contribution in [0.5, 0.6) is 0 Å². The number of hydrogen-bond acceptors (Lipinski definition) is 3. The Kier molecular flexibility index (Phi) is 3.49. The second kappa shape index (κ2) is 5.29. The van der Waals surface area contributed by atoms with E-state index in [2.05, 4.69) is 33.7 Å². The van der Waals surface area contributed by atoms with Gasteiger partial charge >= 0.3 is 0 Å². The van der Waals surface area contributed by atoms with Gasteiger partial charge in [-0.3, -0.25) is 4.68 Å². The zero-order valence-electron chi connectivity index (χ0n) is 12.1. The van der Waals surface area contributed by atoms with E-state index in [0.29, 0.717) is 0 Å². The first kappa shape index (κ1) is 13.2. The Morgan fingerprint density at radius 1 is 1.35 bits per heavy atom. The molecule has 2 aromatic rings. The molecular formula is C16H21N3O. The van der Waals surface area contributed by atoms with Crippen LogP contribution in [0.15, 0.2) is 30.3 Å². The van der Waals surface area contributed by atoms with Gasteiger partial charge in [-0.05, 0) is 32.4 Å². The van der Waals surface area contributed by atoms with Crippen LogP contribution in [0, 0.1) is 6.92 Å². The van der Waals surface area contributed by atoms with Crippen LogP contribution in [0.4, 0.5) is 5.69 Å². The standard InChI is InChI=1S/C16H21N3O/c1-3-19-13(10-12(2)17-19)11-18-9-8-16(20)14-6-4-5-7-15(14)18/h4-7,10,16,20H,3,8-9,11H2,1-2H3. The molecule has 20 heavy (non-hydrogen) atoms. The van der Waals surface area contributed by atoms with E-state index in [1.165, 1.54) is 5.69 Å². The molecule has 0 bridgehead atoms. The van der Waals surface area contributed by atoms with Crippen molar-refractivity contribution in [1.29, 1.82) is 0 Å². The van der Waals surface area contributed by atoms with Gasteiger partial charge in [-0.1, -0.05) is 18.2 Å². The van der Waals surface area contributed by atoms with E-state index in [-0.39, 0.29) is 6.10 Å². The van der Waals surface area contributed by atoms with Crippen LogP contribution in [-0.2, 0) is 13.1 Å². The molecule has 106 valence electrons. The van der Waals surface area contributed by atoms with Gasteiger partial charge in [0.2, 0.25) is 0 Å². The van der Waals surface area contributed by atoms with Crippen LogP contribution < -0.4 is 4.90 Å². The Morgan fingerprint density at radius 3 is 2.95 bits per heavy atom. The summed E-state index contributed by atoms with van der Waals surface area (Å²) < 4.78 is 2.06. The summed E-state index contributed by atoms with van der Waals surface area (Å²) in [6, 6.07) is 10.3. The first-order valence-electron chi connectivity index (χ1n) is 7.24. The molecule has 2 heterocycles. The number of nitrogens with zero attached hydrogens (tertiary/aromatic N) is 3. The van der Waals surface area contributed by atoms with Crippen molar-refractivity contribution < 1.29 is 5.11 Å². The van der Waals surface area contributed by atoms with Gasteiger partial charge in [-0.25, -0.2) is 0 Å². The lowest BCUT2D eigenvalue weighted by atomic mass is 9.99. The molecule has 0 amide bonds. The van der Waals surface area contributed by atoms with Gasteiger partial charge in [-0.2, -0.15) is 5.10 Å². The fraction of sp³-hybridized carbons (Fsp3) is 0.438. The lowest BCUT2D eigenvalue weighted by Crippen LogP contribution is -2.31. The van der Waals surface area contributed by atoms with Gasteiger partial charge in [0.05, 0.1) is 24.0 Å². The highest BCUT2D eigenvalue weighted by molar-refractivity contribution is 5.56. The fourth-order valence-electron chi connectivity index (χ4n) is 2.97. The maximum atomic E-state index is 10.1. The molecule has 0 aliphatic carbocycles.